The van der Waals surface area contributed by atoms with Crippen molar-refractivity contribution >= 4 is 35.3 Å². The number of para-hydroxylation sites is 1. The number of carbonyl (C=O) groups excluding carboxylic acids is 2. The average molecular weight is 452 g/mol. The Morgan fingerprint density at radius 1 is 1.03 bits per heavy atom. The number of rotatable bonds is 8. The van der Waals surface area contributed by atoms with Crippen LogP contribution in [0.3, 0.4) is 0 Å². The molecule has 0 aromatic heterocycles. The number of hydrogen-bond acceptors (Lipinski definition) is 5. The molecule has 32 heavy (non-hydrogen) atoms. The van der Waals surface area contributed by atoms with Crippen LogP contribution in [0.15, 0.2) is 71.8 Å². The van der Waals surface area contributed by atoms with Crippen LogP contribution in [0.25, 0.3) is 0 Å². The molecule has 0 aliphatic carbocycles. The molecule has 3 aromatic carbocycles. The van der Waals surface area contributed by atoms with Crippen LogP contribution in [0, 0.1) is 6.92 Å². The maximum Gasteiger partial charge on any atom is 0.271 e. The summed E-state index contributed by atoms with van der Waals surface area (Å²) in [7, 11) is 1.50. The summed E-state index contributed by atoms with van der Waals surface area (Å²) in [5.74, 6) is 0.0547. The molecule has 0 spiro atoms. The van der Waals surface area contributed by atoms with Gasteiger partial charge in [0, 0.05) is 21.8 Å². The largest absolute Gasteiger partial charge is 0.493 e. The number of halogens is 1. The maximum absolute atomic E-state index is 12.3. The third-order valence-electron chi connectivity index (χ3n) is 4.39. The van der Waals surface area contributed by atoms with Crippen LogP contribution in [0.5, 0.6) is 11.5 Å². The lowest BCUT2D eigenvalue weighted by Gasteiger charge is -2.13. The highest BCUT2D eigenvalue weighted by atomic mass is 35.5. The molecule has 0 aliphatic rings. The summed E-state index contributed by atoms with van der Waals surface area (Å²) in [6.07, 6.45) is 1.42. The molecule has 3 aromatic rings. The Bertz CT molecular complexity index is 1110. The summed E-state index contributed by atoms with van der Waals surface area (Å²) in [5.41, 5.74) is 5.17. The molecule has 2 N–H and O–H groups in total. The van der Waals surface area contributed by atoms with Crippen molar-refractivity contribution < 1.29 is 19.1 Å². The van der Waals surface area contributed by atoms with E-state index in [1.54, 1.807) is 42.5 Å². The highest BCUT2D eigenvalue weighted by Crippen LogP contribution is 2.30. The Morgan fingerprint density at radius 3 is 2.44 bits per heavy atom. The molecule has 0 atom stereocenters. The number of benzene rings is 3. The third-order valence-corrected chi connectivity index (χ3v) is 4.64. The molecule has 0 saturated heterocycles. The molecule has 8 heteroatoms. The Balaban J connectivity index is 1.66. The van der Waals surface area contributed by atoms with Crippen LogP contribution in [-0.2, 0) is 4.79 Å². The summed E-state index contributed by atoms with van der Waals surface area (Å²) in [6.45, 7) is 1.74. The molecule has 0 aliphatic heterocycles. The van der Waals surface area contributed by atoms with Crippen LogP contribution >= 0.6 is 11.6 Å². The van der Waals surface area contributed by atoms with E-state index in [0.29, 0.717) is 33.3 Å². The molecule has 0 unspecified atom stereocenters. The quantitative estimate of drug-likeness (QED) is 0.391. The van der Waals surface area contributed by atoms with E-state index in [4.69, 9.17) is 21.1 Å². The van der Waals surface area contributed by atoms with E-state index in [1.165, 1.54) is 13.3 Å². The molecule has 0 saturated carbocycles. The van der Waals surface area contributed by atoms with Crippen molar-refractivity contribution in [3.05, 3.63) is 88.4 Å². The van der Waals surface area contributed by atoms with Crippen molar-refractivity contribution in [3.8, 4) is 11.5 Å². The van der Waals surface area contributed by atoms with Crippen LogP contribution in [0.4, 0.5) is 5.69 Å². The number of nitrogens with zero attached hydrogens (tertiary/aromatic N) is 1. The Labute approximate surface area is 191 Å². The van der Waals surface area contributed by atoms with Gasteiger partial charge in [0.15, 0.2) is 18.1 Å². The second-order valence-electron chi connectivity index (χ2n) is 6.79. The lowest BCUT2D eigenvalue weighted by molar-refractivity contribution is -0.118. The van der Waals surface area contributed by atoms with E-state index in [2.05, 4.69) is 15.8 Å². The summed E-state index contributed by atoms with van der Waals surface area (Å²) in [5, 5.41) is 7.29. The van der Waals surface area contributed by atoms with E-state index in [1.807, 2.05) is 31.2 Å². The summed E-state index contributed by atoms with van der Waals surface area (Å²) >= 11 is 5.83. The highest BCUT2D eigenvalue weighted by molar-refractivity contribution is 6.30. The topological polar surface area (TPSA) is 89.0 Å². The number of methoxy groups -OCH3 is 1. The van der Waals surface area contributed by atoms with E-state index in [0.717, 1.165) is 5.56 Å². The fourth-order valence-electron chi connectivity index (χ4n) is 2.75. The molecule has 0 fully saturated rings. The number of ether oxygens (including phenoxy) is 2. The number of anilines is 1. The SMILES string of the molecule is COc1cccc(/C=N\NC(=O)c2ccc(Cl)cc2)c1OCC(=O)Nc1ccc(C)cc1. The van der Waals surface area contributed by atoms with Crippen molar-refractivity contribution in [2.75, 3.05) is 19.0 Å². The number of amides is 2. The normalized spacial score (nSPS) is 10.6. The molecule has 0 radical (unpaired) electrons. The van der Waals surface area contributed by atoms with Crippen molar-refractivity contribution in [1.82, 2.24) is 5.43 Å². The zero-order valence-electron chi connectivity index (χ0n) is 17.6. The predicted octanol–water partition coefficient (Wildman–Crippen LogP) is 4.44. The lowest BCUT2D eigenvalue weighted by atomic mass is 10.2. The zero-order chi connectivity index (χ0) is 22.9. The zero-order valence-corrected chi connectivity index (χ0v) is 18.3. The molecule has 0 heterocycles. The number of nitrogens with one attached hydrogen (secondary N) is 2. The lowest BCUT2D eigenvalue weighted by Crippen LogP contribution is -2.21. The van der Waals surface area contributed by atoms with Gasteiger partial charge in [0.1, 0.15) is 0 Å². The van der Waals surface area contributed by atoms with Gasteiger partial charge in [0.05, 0.1) is 13.3 Å². The molecular weight excluding hydrogens is 430 g/mol. The average Bonchev–Trinajstić information content (AvgIpc) is 2.79. The second-order valence-corrected chi connectivity index (χ2v) is 7.22. The van der Waals surface area contributed by atoms with Gasteiger partial charge in [-0.1, -0.05) is 35.4 Å². The molecule has 164 valence electrons. The number of hydrogen-bond donors (Lipinski definition) is 2. The first-order valence-corrected chi connectivity index (χ1v) is 10.1. The van der Waals surface area contributed by atoms with Crippen LogP contribution in [-0.4, -0.2) is 31.7 Å². The number of hydrazone groups is 1. The minimum Gasteiger partial charge on any atom is -0.493 e. The van der Waals surface area contributed by atoms with Gasteiger partial charge in [-0.2, -0.15) is 5.10 Å². The molecule has 7 nitrogen and oxygen atoms in total. The molecular formula is C24H22ClN3O4. The third kappa shape index (κ3) is 6.33. The Hall–Kier alpha value is -3.84. The minimum atomic E-state index is -0.388. The van der Waals surface area contributed by atoms with Gasteiger partial charge in [0.25, 0.3) is 11.8 Å². The van der Waals surface area contributed by atoms with Gasteiger partial charge in [-0.25, -0.2) is 5.43 Å². The molecule has 3 rings (SSSR count). The number of carbonyl (C=O) groups is 2. The highest BCUT2D eigenvalue weighted by Gasteiger charge is 2.12. The van der Waals surface area contributed by atoms with E-state index >= 15 is 0 Å². The van der Waals surface area contributed by atoms with Crippen LogP contribution in [0.1, 0.15) is 21.5 Å². The van der Waals surface area contributed by atoms with Gasteiger partial charge in [-0.15, -0.1) is 0 Å². The fraction of sp³-hybridized carbons (Fsp3) is 0.125. The monoisotopic (exact) mass is 451 g/mol. The molecule has 2 amide bonds. The van der Waals surface area contributed by atoms with E-state index in [-0.39, 0.29) is 18.4 Å². The van der Waals surface area contributed by atoms with Crippen molar-refractivity contribution in [3.63, 3.8) is 0 Å². The summed E-state index contributed by atoms with van der Waals surface area (Å²) in [4.78, 5) is 24.5. The number of aryl methyl sites for hydroxylation is 1. The minimum absolute atomic E-state index is 0.230. The maximum atomic E-state index is 12.3. The van der Waals surface area contributed by atoms with Gasteiger partial charge in [-0.05, 0) is 55.5 Å². The standard InChI is InChI=1S/C24H22ClN3O4/c1-16-6-12-20(13-7-16)27-22(29)15-32-23-18(4-3-5-21(23)31-2)14-26-28-24(30)17-8-10-19(25)11-9-17/h3-14H,15H2,1-2H3,(H,27,29)(H,28,30)/b26-14-. The first-order chi connectivity index (χ1) is 15.5. The fourth-order valence-corrected chi connectivity index (χ4v) is 2.87. The Morgan fingerprint density at radius 2 is 1.75 bits per heavy atom. The Kier molecular flexibility index (Phi) is 7.83. The summed E-state index contributed by atoms with van der Waals surface area (Å²) in [6, 6.07) is 19.1. The van der Waals surface area contributed by atoms with E-state index < -0.39 is 0 Å². The molecule has 0 bridgehead atoms. The van der Waals surface area contributed by atoms with Crippen LogP contribution < -0.4 is 20.2 Å². The van der Waals surface area contributed by atoms with Crippen molar-refractivity contribution in [2.45, 2.75) is 6.92 Å². The van der Waals surface area contributed by atoms with Gasteiger partial charge >= 0.3 is 0 Å². The van der Waals surface area contributed by atoms with E-state index in [9.17, 15) is 9.59 Å². The van der Waals surface area contributed by atoms with Crippen LogP contribution in [0.2, 0.25) is 5.02 Å². The van der Waals surface area contributed by atoms with Gasteiger partial charge < -0.3 is 14.8 Å². The smallest absolute Gasteiger partial charge is 0.271 e. The van der Waals surface area contributed by atoms with Crippen molar-refractivity contribution in [1.29, 1.82) is 0 Å². The van der Waals surface area contributed by atoms with Crippen molar-refractivity contribution in [2.24, 2.45) is 5.10 Å². The predicted molar refractivity (Wildman–Crippen MR) is 125 cm³/mol. The first-order valence-electron chi connectivity index (χ1n) is 9.71. The summed E-state index contributed by atoms with van der Waals surface area (Å²) < 4.78 is 11.1. The first kappa shape index (κ1) is 22.8. The second kappa shape index (κ2) is 11.0. The van der Waals surface area contributed by atoms with Gasteiger partial charge in [-0.3, -0.25) is 9.59 Å². The van der Waals surface area contributed by atoms with Gasteiger partial charge in [0.2, 0.25) is 0 Å².